The number of nitrogens with one attached hydrogen (secondary N) is 2. The average Bonchev–Trinajstić information content (AvgIpc) is 2.38. The zero-order chi connectivity index (χ0) is 13.4. The molecule has 0 saturated carbocycles. The summed E-state index contributed by atoms with van der Waals surface area (Å²) in [6.07, 6.45) is 0. The average molecular weight is 256 g/mol. The molecule has 0 spiro atoms. The van der Waals surface area contributed by atoms with Gasteiger partial charge in [-0.15, -0.1) is 0 Å². The minimum atomic E-state index is -0.497. The van der Waals surface area contributed by atoms with Crippen LogP contribution in [0.4, 0.5) is 17.3 Å². The van der Waals surface area contributed by atoms with Crippen LogP contribution in [0.1, 0.15) is 0 Å². The van der Waals surface area contributed by atoms with Crippen molar-refractivity contribution in [1.82, 2.24) is 4.98 Å². The molecule has 0 amide bonds. The van der Waals surface area contributed by atoms with Crippen molar-refractivity contribution in [3.05, 3.63) is 22.2 Å². The second-order valence-electron chi connectivity index (χ2n) is 3.33. The third-order valence-electron chi connectivity index (χ3n) is 2.10. The van der Waals surface area contributed by atoms with Crippen molar-refractivity contribution >= 4 is 17.3 Å². The molecule has 1 heterocycles. The predicted molar refractivity (Wildman–Crippen MR) is 66.8 cm³/mol. The van der Waals surface area contributed by atoms with E-state index in [1.807, 2.05) is 0 Å². The Hall–Kier alpha value is -1.93. The largest absolute Gasteiger partial charge is 0.394 e. The van der Waals surface area contributed by atoms with E-state index in [0.717, 1.165) is 0 Å². The van der Waals surface area contributed by atoms with Gasteiger partial charge in [0.2, 0.25) is 5.82 Å². The lowest BCUT2D eigenvalue weighted by Crippen LogP contribution is -2.13. The maximum atomic E-state index is 10.8. The van der Waals surface area contributed by atoms with Gasteiger partial charge in [0.05, 0.1) is 24.7 Å². The normalized spacial score (nSPS) is 10.1. The maximum Gasteiger partial charge on any atom is 0.311 e. The summed E-state index contributed by atoms with van der Waals surface area (Å²) >= 11 is 0. The smallest absolute Gasteiger partial charge is 0.311 e. The van der Waals surface area contributed by atoms with Gasteiger partial charge in [0.15, 0.2) is 0 Å². The van der Waals surface area contributed by atoms with E-state index in [1.54, 1.807) is 7.05 Å². The summed E-state index contributed by atoms with van der Waals surface area (Å²) in [5, 5.41) is 24.9. The first-order chi connectivity index (χ1) is 8.69. The highest BCUT2D eigenvalue weighted by molar-refractivity contribution is 5.60. The highest BCUT2D eigenvalue weighted by atomic mass is 16.6. The second kappa shape index (κ2) is 7.41. The number of rotatable bonds is 8. The Balaban J connectivity index is 2.63. The molecule has 1 rings (SSSR count). The fourth-order valence-corrected chi connectivity index (χ4v) is 1.28. The maximum absolute atomic E-state index is 10.8. The monoisotopic (exact) mass is 256 g/mol. The first-order valence-electron chi connectivity index (χ1n) is 5.44. The van der Waals surface area contributed by atoms with Gasteiger partial charge in [0, 0.05) is 19.7 Å². The van der Waals surface area contributed by atoms with Gasteiger partial charge >= 0.3 is 5.69 Å². The standard InChI is InChI=1S/C10H16N4O4/c1-11-9-3-2-8(14(16)17)10(13-9)12-4-6-18-7-5-15/h2-3,15H,4-7H2,1H3,(H2,11,12,13). The lowest BCUT2D eigenvalue weighted by molar-refractivity contribution is -0.384. The molecule has 0 bridgehead atoms. The molecule has 8 nitrogen and oxygen atoms in total. The van der Waals surface area contributed by atoms with E-state index in [0.29, 0.717) is 19.0 Å². The Morgan fingerprint density at radius 2 is 2.28 bits per heavy atom. The van der Waals surface area contributed by atoms with Gasteiger partial charge in [-0.1, -0.05) is 0 Å². The molecule has 100 valence electrons. The van der Waals surface area contributed by atoms with Crippen molar-refractivity contribution < 1.29 is 14.8 Å². The number of ether oxygens (including phenoxy) is 1. The summed E-state index contributed by atoms with van der Waals surface area (Å²) in [5.74, 6) is 0.735. The third kappa shape index (κ3) is 4.15. The molecule has 1 aromatic rings. The second-order valence-corrected chi connectivity index (χ2v) is 3.33. The van der Waals surface area contributed by atoms with E-state index in [1.165, 1.54) is 12.1 Å². The van der Waals surface area contributed by atoms with E-state index in [4.69, 9.17) is 9.84 Å². The van der Waals surface area contributed by atoms with Gasteiger partial charge in [-0.3, -0.25) is 10.1 Å². The van der Waals surface area contributed by atoms with Crippen LogP contribution in [-0.4, -0.2) is 48.4 Å². The molecular weight excluding hydrogens is 240 g/mol. The Labute approximate surface area is 104 Å². The number of aromatic nitrogens is 1. The fraction of sp³-hybridized carbons (Fsp3) is 0.500. The molecule has 0 aliphatic heterocycles. The topological polar surface area (TPSA) is 110 Å². The Morgan fingerprint density at radius 3 is 2.89 bits per heavy atom. The summed E-state index contributed by atoms with van der Waals surface area (Å²) in [4.78, 5) is 14.4. The van der Waals surface area contributed by atoms with Gasteiger partial charge in [-0.05, 0) is 6.07 Å². The first-order valence-corrected chi connectivity index (χ1v) is 5.44. The molecule has 0 radical (unpaired) electrons. The van der Waals surface area contributed by atoms with Crippen LogP contribution in [0.2, 0.25) is 0 Å². The van der Waals surface area contributed by atoms with E-state index in [2.05, 4.69) is 15.6 Å². The zero-order valence-electron chi connectivity index (χ0n) is 10.0. The van der Waals surface area contributed by atoms with Crippen molar-refractivity contribution in [2.75, 3.05) is 44.0 Å². The molecule has 0 aliphatic carbocycles. The number of aliphatic hydroxyl groups is 1. The summed E-state index contributed by atoms with van der Waals surface area (Å²) in [5.41, 5.74) is -0.0869. The molecule has 0 aliphatic rings. The number of nitrogens with zero attached hydrogens (tertiary/aromatic N) is 2. The quantitative estimate of drug-likeness (QED) is 0.352. The molecule has 0 unspecified atom stereocenters. The molecule has 18 heavy (non-hydrogen) atoms. The molecule has 0 fully saturated rings. The number of anilines is 2. The minimum Gasteiger partial charge on any atom is -0.394 e. The Bertz CT molecular complexity index is 399. The van der Waals surface area contributed by atoms with Gasteiger partial charge in [-0.25, -0.2) is 4.98 Å². The number of pyridine rings is 1. The predicted octanol–water partition coefficient (Wildman–Crippen LogP) is 0.452. The van der Waals surface area contributed by atoms with E-state index in [9.17, 15) is 10.1 Å². The van der Waals surface area contributed by atoms with Crippen LogP contribution in [0, 0.1) is 10.1 Å². The van der Waals surface area contributed by atoms with Crippen LogP contribution in [0.3, 0.4) is 0 Å². The van der Waals surface area contributed by atoms with Gasteiger partial charge in [0.25, 0.3) is 0 Å². The van der Waals surface area contributed by atoms with Crippen molar-refractivity contribution in [3.8, 4) is 0 Å². The van der Waals surface area contributed by atoms with Gasteiger partial charge in [0.1, 0.15) is 5.82 Å². The van der Waals surface area contributed by atoms with Crippen LogP contribution in [0.15, 0.2) is 12.1 Å². The molecule has 1 aromatic heterocycles. The number of nitro groups is 1. The van der Waals surface area contributed by atoms with Crippen LogP contribution < -0.4 is 10.6 Å². The highest BCUT2D eigenvalue weighted by Gasteiger charge is 2.15. The summed E-state index contributed by atoms with van der Waals surface area (Å²) < 4.78 is 5.04. The van der Waals surface area contributed by atoms with E-state index < -0.39 is 4.92 Å². The highest BCUT2D eigenvalue weighted by Crippen LogP contribution is 2.23. The molecule has 8 heteroatoms. The number of aliphatic hydroxyl groups excluding tert-OH is 1. The molecule has 0 saturated heterocycles. The van der Waals surface area contributed by atoms with Crippen LogP contribution in [0.5, 0.6) is 0 Å². The molecule has 0 atom stereocenters. The van der Waals surface area contributed by atoms with Crippen molar-refractivity contribution in [2.24, 2.45) is 0 Å². The molecule has 3 N–H and O–H groups in total. The fourth-order valence-electron chi connectivity index (χ4n) is 1.28. The van der Waals surface area contributed by atoms with Crippen LogP contribution >= 0.6 is 0 Å². The Kier molecular flexibility index (Phi) is 5.81. The van der Waals surface area contributed by atoms with Crippen LogP contribution in [-0.2, 0) is 4.74 Å². The summed E-state index contributed by atoms with van der Waals surface area (Å²) in [6.45, 7) is 0.908. The van der Waals surface area contributed by atoms with Crippen molar-refractivity contribution in [3.63, 3.8) is 0 Å². The van der Waals surface area contributed by atoms with Crippen LogP contribution in [0.25, 0.3) is 0 Å². The first kappa shape index (κ1) is 14.1. The van der Waals surface area contributed by atoms with Gasteiger partial charge in [-0.2, -0.15) is 0 Å². The summed E-state index contributed by atoms with van der Waals surface area (Å²) in [6, 6.07) is 2.92. The summed E-state index contributed by atoms with van der Waals surface area (Å²) in [7, 11) is 1.68. The lowest BCUT2D eigenvalue weighted by Gasteiger charge is -2.08. The SMILES string of the molecule is CNc1ccc([N+](=O)[O-])c(NCCOCCO)n1. The van der Waals surface area contributed by atoms with Crippen molar-refractivity contribution in [2.45, 2.75) is 0 Å². The van der Waals surface area contributed by atoms with E-state index >= 15 is 0 Å². The molecule has 0 aromatic carbocycles. The number of hydrogen-bond acceptors (Lipinski definition) is 7. The minimum absolute atomic E-state index is 0.0480. The van der Waals surface area contributed by atoms with Gasteiger partial charge < -0.3 is 20.5 Å². The zero-order valence-corrected chi connectivity index (χ0v) is 10.0. The molecular formula is C10H16N4O4. The third-order valence-corrected chi connectivity index (χ3v) is 2.10. The Morgan fingerprint density at radius 1 is 1.50 bits per heavy atom. The van der Waals surface area contributed by atoms with Crippen molar-refractivity contribution in [1.29, 1.82) is 0 Å². The lowest BCUT2D eigenvalue weighted by atomic mass is 10.3. The van der Waals surface area contributed by atoms with E-state index in [-0.39, 0.29) is 24.7 Å². The number of hydrogen-bond donors (Lipinski definition) is 3.